The molecule has 158 valence electrons. The van der Waals surface area contributed by atoms with Crippen LogP contribution in [0.2, 0.25) is 0 Å². The van der Waals surface area contributed by atoms with Crippen LogP contribution in [0, 0.1) is 23.3 Å². The van der Waals surface area contributed by atoms with Crippen molar-refractivity contribution < 1.29 is 34.4 Å². The van der Waals surface area contributed by atoms with Gasteiger partial charge in [0.05, 0.1) is 11.4 Å². The fourth-order valence-corrected chi connectivity index (χ4v) is 4.73. The fraction of sp³-hybridized carbons (Fsp3) is 0. The molecule has 0 amide bonds. The topological polar surface area (TPSA) is 92.3 Å². The van der Waals surface area contributed by atoms with Gasteiger partial charge < -0.3 is 0 Å². The van der Waals surface area contributed by atoms with Gasteiger partial charge in [-0.15, -0.1) is 0 Å². The molecule has 0 radical (unpaired) electrons. The van der Waals surface area contributed by atoms with Crippen LogP contribution in [-0.2, 0) is 20.0 Å². The standard InChI is InChI=1S/C18H12F4N2O4S2/c19-11-5-7-17(13(21)9-11)29(25,26)23-15-3-1-2-4-16(15)24-30(27,28)18-8-6-12(20)10-14(18)22/h1-10,23-24H. The normalized spacial score (nSPS) is 11.9. The van der Waals surface area contributed by atoms with Crippen LogP contribution >= 0.6 is 0 Å². The van der Waals surface area contributed by atoms with E-state index in [9.17, 15) is 34.4 Å². The van der Waals surface area contributed by atoms with E-state index in [0.717, 1.165) is 24.3 Å². The third-order valence-corrected chi connectivity index (χ3v) is 6.58. The lowest BCUT2D eigenvalue weighted by molar-refractivity contribution is 0.549. The van der Waals surface area contributed by atoms with E-state index in [4.69, 9.17) is 0 Å². The van der Waals surface area contributed by atoms with Crippen LogP contribution in [0.4, 0.5) is 28.9 Å². The number of halogens is 4. The lowest BCUT2D eigenvalue weighted by Crippen LogP contribution is -2.19. The molecule has 0 aromatic heterocycles. The Labute approximate surface area is 169 Å². The second-order valence-electron chi connectivity index (χ2n) is 5.91. The molecule has 0 atom stereocenters. The Kier molecular flexibility index (Phi) is 5.72. The summed E-state index contributed by atoms with van der Waals surface area (Å²) in [5.74, 6) is -4.68. The summed E-state index contributed by atoms with van der Waals surface area (Å²) in [4.78, 5) is -1.74. The number of hydrogen-bond acceptors (Lipinski definition) is 4. The third-order valence-electron chi connectivity index (χ3n) is 3.78. The number of anilines is 2. The first-order chi connectivity index (χ1) is 14.0. The molecule has 2 N–H and O–H groups in total. The molecule has 0 spiro atoms. The smallest absolute Gasteiger partial charge is 0.264 e. The molecule has 0 unspecified atom stereocenters. The van der Waals surface area contributed by atoms with E-state index in [1.807, 2.05) is 9.44 Å². The molecule has 3 rings (SSSR count). The van der Waals surface area contributed by atoms with E-state index in [1.165, 1.54) is 12.1 Å². The number of para-hydroxylation sites is 2. The molecule has 3 aromatic rings. The summed E-state index contributed by atoms with van der Waals surface area (Å²) >= 11 is 0. The maximum Gasteiger partial charge on any atom is 0.264 e. The molecule has 30 heavy (non-hydrogen) atoms. The molecule has 0 aliphatic carbocycles. The zero-order valence-corrected chi connectivity index (χ0v) is 16.4. The van der Waals surface area contributed by atoms with Crippen molar-refractivity contribution in [1.82, 2.24) is 0 Å². The summed E-state index contributed by atoms with van der Waals surface area (Å²) in [5, 5.41) is 0. The minimum atomic E-state index is -4.57. The summed E-state index contributed by atoms with van der Waals surface area (Å²) in [7, 11) is -9.13. The third kappa shape index (κ3) is 4.54. The van der Waals surface area contributed by atoms with Crippen molar-refractivity contribution in [2.45, 2.75) is 9.79 Å². The second kappa shape index (κ2) is 7.95. The minimum Gasteiger partial charge on any atom is -0.277 e. The highest BCUT2D eigenvalue weighted by Gasteiger charge is 2.24. The zero-order valence-electron chi connectivity index (χ0n) is 14.7. The number of rotatable bonds is 6. The second-order valence-corrected chi connectivity index (χ2v) is 9.21. The van der Waals surface area contributed by atoms with Crippen LogP contribution in [0.5, 0.6) is 0 Å². The average Bonchev–Trinajstić information content (AvgIpc) is 2.62. The van der Waals surface area contributed by atoms with Gasteiger partial charge in [-0.1, -0.05) is 12.1 Å². The highest BCUT2D eigenvalue weighted by molar-refractivity contribution is 7.93. The largest absolute Gasteiger partial charge is 0.277 e. The Hall–Kier alpha value is -3.12. The van der Waals surface area contributed by atoms with Crippen molar-refractivity contribution >= 4 is 31.4 Å². The van der Waals surface area contributed by atoms with E-state index in [1.54, 1.807) is 0 Å². The molecule has 3 aromatic carbocycles. The highest BCUT2D eigenvalue weighted by Crippen LogP contribution is 2.28. The first kappa shape index (κ1) is 21.6. The lowest BCUT2D eigenvalue weighted by Gasteiger charge is -2.15. The van der Waals surface area contributed by atoms with E-state index in [0.29, 0.717) is 24.3 Å². The van der Waals surface area contributed by atoms with Gasteiger partial charge in [0, 0.05) is 12.1 Å². The quantitative estimate of drug-likeness (QED) is 0.547. The van der Waals surface area contributed by atoms with Gasteiger partial charge in [-0.25, -0.2) is 34.4 Å². The lowest BCUT2D eigenvalue weighted by atomic mass is 10.3. The van der Waals surface area contributed by atoms with Gasteiger partial charge in [-0.05, 0) is 36.4 Å². The Bertz CT molecular complexity index is 1230. The van der Waals surface area contributed by atoms with Gasteiger partial charge in [0.15, 0.2) is 0 Å². The molecule has 12 heteroatoms. The van der Waals surface area contributed by atoms with Crippen LogP contribution in [0.3, 0.4) is 0 Å². The molecule has 0 fully saturated rings. The van der Waals surface area contributed by atoms with Crippen molar-refractivity contribution in [2.75, 3.05) is 9.44 Å². The van der Waals surface area contributed by atoms with Crippen LogP contribution < -0.4 is 9.44 Å². The predicted octanol–water partition coefficient (Wildman–Crippen LogP) is 3.84. The molecule has 0 saturated heterocycles. The molecule has 0 aliphatic heterocycles. The summed E-state index contributed by atoms with van der Waals surface area (Å²) in [5.41, 5.74) is -0.625. The van der Waals surface area contributed by atoms with E-state index in [2.05, 4.69) is 0 Å². The van der Waals surface area contributed by atoms with Crippen molar-refractivity contribution in [1.29, 1.82) is 0 Å². The Morgan fingerprint density at radius 1 is 0.567 bits per heavy atom. The number of hydrogen-bond donors (Lipinski definition) is 2. The van der Waals surface area contributed by atoms with Crippen LogP contribution in [0.25, 0.3) is 0 Å². The van der Waals surface area contributed by atoms with Gasteiger partial charge in [0.2, 0.25) is 0 Å². The van der Waals surface area contributed by atoms with Gasteiger partial charge in [0.1, 0.15) is 33.1 Å². The van der Waals surface area contributed by atoms with Crippen LogP contribution in [0.1, 0.15) is 0 Å². The minimum absolute atomic E-state index is 0.313. The Balaban J connectivity index is 1.97. The summed E-state index contributed by atoms with van der Waals surface area (Å²) < 4.78 is 108. The summed E-state index contributed by atoms with van der Waals surface area (Å²) in [6.07, 6.45) is 0. The van der Waals surface area contributed by atoms with E-state index >= 15 is 0 Å². The Morgan fingerprint density at radius 2 is 0.933 bits per heavy atom. The molecular formula is C18H12F4N2O4S2. The van der Waals surface area contributed by atoms with Gasteiger partial charge >= 0.3 is 0 Å². The van der Waals surface area contributed by atoms with Crippen molar-refractivity contribution in [3.8, 4) is 0 Å². The molecule has 0 bridgehead atoms. The van der Waals surface area contributed by atoms with E-state index < -0.39 is 53.1 Å². The first-order valence-electron chi connectivity index (χ1n) is 8.04. The number of benzene rings is 3. The monoisotopic (exact) mass is 460 g/mol. The molecule has 0 aliphatic rings. The fourth-order valence-electron chi connectivity index (χ4n) is 2.45. The van der Waals surface area contributed by atoms with Crippen molar-refractivity contribution in [3.05, 3.63) is 83.9 Å². The van der Waals surface area contributed by atoms with Gasteiger partial charge in [-0.2, -0.15) is 0 Å². The average molecular weight is 460 g/mol. The summed E-state index contributed by atoms with van der Waals surface area (Å²) in [6, 6.07) is 8.68. The molecule has 6 nitrogen and oxygen atoms in total. The molecule has 0 heterocycles. The van der Waals surface area contributed by atoms with Crippen LogP contribution in [-0.4, -0.2) is 16.8 Å². The predicted molar refractivity (Wildman–Crippen MR) is 101 cm³/mol. The number of sulfonamides is 2. The maximum absolute atomic E-state index is 13.9. The van der Waals surface area contributed by atoms with Gasteiger partial charge in [0.25, 0.3) is 20.0 Å². The Morgan fingerprint density at radius 3 is 1.27 bits per heavy atom. The number of nitrogens with one attached hydrogen (secondary N) is 2. The zero-order chi connectivity index (χ0) is 22.1. The molecular weight excluding hydrogens is 448 g/mol. The SMILES string of the molecule is O=S(=O)(Nc1ccccc1NS(=O)(=O)c1ccc(F)cc1F)c1ccc(F)cc1F. The maximum atomic E-state index is 13.9. The van der Waals surface area contributed by atoms with Crippen molar-refractivity contribution in [3.63, 3.8) is 0 Å². The van der Waals surface area contributed by atoms with Crippen LogP contribution in [0.15, 0.2) is 70.5 Å². The van der Waals surface area contributed by atoms with E-state index in [-0.39, 0.29) is 11.4 Å². The van der Waals surface area contributed by atoms with Gasteiger partial charge in [-0.3, -0.25) is 9.44 Å². The highest BCUT2D eigenvalue weighted by atomic mass is 32.2. The first-order valence-corrected chi connectivity index (χ1v) is 11.0. The van der Waals surface area contributed by atoms with Crippen molar-refractivity contribution in [2.24, 2.45) is 0 Å². The summed E-state index contributed by atoms with van der Waals surface area (Å²) in [6.45, 7) is 0. The molecule has 0 saturated carbocycles.